The van der Waals surface area contributed by atoms with E-state index in [9.17, 15) is 0 Å². The number of aromatic nitrogens is 4. The fourth-order valence-electron chi connectivity index (χ4n) is 1.17. The van der Waals surface area contributed by atoms with Crippen LogP contribution in [0.3, 0.4) is 0 Å². The molecule has 14 heavy (non-hydrogen) atoms. The lowest BCUT2D eigenvalue weighted by Crippen LogP contribution is -2.11. The Morgan fingerprint density at radius 3 is 3.14 bits per heavy atom. The molecule has 0 aliphatic heterocycles. The smallest absolute Gasteiger partial charge is 0.142 e. The van der Waals surface area contributed by atoms with Gasteiger partial charge in [0, 0.05) is 18.9 Å². The molecule has 2 aromatic heterocycles. The molecule has 0 aliphatic carbocycles. The predicted molar refractivity (Wildman–Crippen MR) is 53.7 cm³/mol. The minimum absolute atomic E-state index is 0.561. The van der Waals surface area contributed by atoms with Crippen LogP contribution in [0.1, 0.15) is 0 Å². The van der Waals surface area contributed by atoms with Crippen LogP contribution in [0.15, 0.2) is 24.7 Å². The first-order valence-corrected chi connectivity index (χ1v) is 4.36. The van der Waals surface area contributed by atoms with Crippen molar-refractivity contribution in [3.05, 3.63) is 24.7 Å². The number of hydrogen-bond donors (Lipinski definition) is 3. The molecule has 0 atom stereocenters. The van der Waals surface area contributed by atoms with E-state index in [1.165, 1.54) is 0 Å². The third-order valence-corrected chi connectivity index (χ3v) is 1.88. The molecule has 0 saturated carbocycles. The zero-order valence-corrected chi connectivity index (χ0v) is 7.64. The van der Waals surface area contributed by atoms with Crippen molar-refractivity contribution in [2.24, 2.45) is 0 Å². The number of H-pyrrole nitrogens is 1. The molecule has 0 fully saturated rings. The van der Waals surface area contributed by atoms with Gasteiger partial charge in [-0.3, -0.25) is 9.78 Å². The van der Waals surface area contributed by atoms with Crippen molar-refractivity contribution in [1.82, 2.24) is 20.0 Å². The molecule has 0 amide bonds. The van der Waals surface area contributed by atoms with Crippen molar-refractivity contribution in [3.8, 4) is 0 Å². The summed E-state index contributed by atoms with van der Waals surface area (Å²) in [5.41, 5.74) is 6.43. The molecule has 2 heterocycles. The Kier molecular flexibility index (Phi) is 2.35. The van der Waals surface area contributed by atoms with E-state index >= 15 is 0 Å². The maximum absolute atomic E-state index is 5.60. The Morgan fingerprint density at radius 1 is 1.57 bits per heavy atom. The lowest BCUT2D eigenvalue weighted by atomic mass is 10.5. The standard InChI is InChI=1S/C8H12N6/c9-8-7(6-11-13-8)10-3-5-14-4-1-2-12-14/h1-2,4,6,10H,3,5H2,(H3,9,11,13). The van der Waals surface area contributed by atoms with Crippen molar-refractivity contribution in [2.75, 3.05) is 17.6 Å². The summed E-state index contributed by atoms with van der Waals surface area (Å²) in [6, 6.07) is 1.90. The molecular formula is C8H12N6. The van der Waals surface area contributed by atoms with Crippen LogP contribution in [-0.4, -0.2) is 26.5 Å². The number of hydrogen-bond acceptors (Lipinski definition) is 4. The van der Waals surface area contributed by atoms with Gasteiger partial charge in [0.15, 0.2) is 0 Å². The van der Waals surface area contributed by atoms with Crippen molar-refractivity contribution in [1.29, 1.82) is 0 Å². The summed E-state index contributed by atoms with van der Waals surface area (Å²) in [7, 11) is 0. The Morgan fingerprint density at radius 2 is 2.50 bits per heavy atom. The summed E-state index contributed by atoms with van der Waals surface area (Å²) >= 11 is 0. The highest BCUT2D eigenvalue weighted by Gasteiger charge is 1.98. The van der Waals surface area contributed by atoms with Gasteiger partial charge >= 0.3 is 0 Å². The van der Waals surface area contributed by atoms with E-state index in [0.29, 0.717) is 5.82 Å². The third kappa shape index (κ3) is 1.85. The number of nitrogen functional groups attached to an aromatic ring is 1. The van der Waals surface area contributed by atoms with Gasteiger partial charge in [-0.15, -0.1) is 0 Å². The van der Waals surface area contributed by atoms with Gasteiger partial charge < -0.3 is 11.1 Å². The molecule has 0 bridgehead atoms. The Bertz CT molecular complexity index is 376. The van der Waals surface area contributed by atoms with Crippen LogP contribution < -0.4 is 11.1 Å². The van der Waals surface area contributed by atoms with Crippen molar-refractivity contribution < 1.29 is 0 Å². The molecule has 6 heteroatoms. The number of nitrogens with two attached hydrogens (primary N) is 1. The lowest BCUT2D eigenvalue weighted by Gasteiger charge is -2.04. The monoisotopic (exact) mass is 192 g/mol. The molecule has 4 N–H and O–H groups in total. The fraction of sp³-hybridized carbons (Fsp3) is 0.250. The van der Waals surface area contributed by atoms with Gasteiger partial charge in [-0.25, -0.2) is 0 Å². The minimum Gasteiger partial charge on any atom is -0.382 e. The van der Waals surface area contributed by atoms with Crippen molar-refractivity contribution in [2.45, 2.75) is 6.54 Å². The Hall–Kier alpha value is -1.98. The predicted octanol–water partition coefficient (Wildman–Crippen LogP) is 0.300. The van der Waals surface area contributed by atoms with E-state index in [2.05, 4.69) is 20.6 Å². The quantitative estimate of drug-likeness (QED) is 0.650. The maximum atomic E-state index is 5.60. The highest BCUT2D eigenvalue weighted by molar-refractivity contribution is 5.59. The van der Waals surface area contributed by atoms with E-state index in [1.54, 1.807) is 12.4 Å². The summed E-state index contributed by atoms with van der Waals surface area (Å²) in [4.78, 5) is 0. The van der Waals surface area contributed by atoms with Gasteiger partial charge in [0.1, 0.15) is 5.82 Å². The first-order valence-electron chi connectivity index (χ1n) is 4.36. The average Bonchev–Trinajstić information content (AvgIpc) is 2.78. The molecule has 6 nitrogen and oxygen atoms in total. The SMILES string of the molecule is Nc1[nH]ncc1NCCn1cccn1. The number of nitrogens with zero attached hydrogens (tertiary/aromatic N) is 3. The first kappa shape index (κ1) is 8.61. The number of nitrogens with one attached hydrogen (secondary N) is 2. The molecule has 2 aromatic rings. The van der Waals surface area contributed by atoms with Crippen LogP contribution >= 0.6 is 0 Å². The van der Waals surface area contributed by atoms with Gasteiger partial charge in [-0.1, -0.05) is 0 Å². The second kappa shape index (κ2) is 3.82. The zero-order chi connectivity index (χ0) is 9.80. The van der Waals surface area contributed by atoms with E-state index in [0.717, 1.165) is 18.8 Å². The molecule has 2 rings (SSSR count). The zero-order valence-electron chi connectivity index (χ0n) is 7.64. The first-order chi connectivity index (χ1) is 6.86. The van der Waals surface area contributed by atoms with E-state index in [4.69, 9.17) is 5.73 Å². The maximum Gasteiger partial charge on any atom is 0.142 e. The topological polar surface area (TPSA) is 84.5 Å². The summed E-state index contributed by atoms with van der Waals surface area (Å²) in [5, 5.41) is 13.7. The van der Waals surface area contributed by atoms with E-state index in [-0.39, 0.29) is 0 Å². The van der Waals surface area contributed by atoms with Gasteiger partial charge in [0.05, 0.1) is 18.4 Å². The lowest BCUT2D eigenvalue weighted by molar-refractivity contribution is 0.638. The van der Waals surface area contributed by atoms with Crippen LogP contribution in [0.25, 0.3) is 0 Å². The second-order valence-corrected chi connectivity index (χ2v) is 2.89. The molecule has 74 valence electrons. The Balaban J connectivity index is 1.81. The molecule has 0 unspecified atom stereocenters. The molecular weight excluding hydrogens is 180 g/mol. The number of aromatic amines is 1. The van der Waals surface area contributed by atoms with Crippen molar-refractivity contribution in [3.63, 3.8) is 0 Å². The summed E-state index contributed by atoms with van der Waals surface area (Å²) < 4.78 is 1.85. The van der Waals surface area contributed by atoms with Crippen LogP contribution in [0.5, 0.6) is 0 Å². The molecule has 0 radical (unpaired) electrons. The molecule has 0 saturated heterocycles. The van der Waals surface area contributed by atoms with Gasteiger partial charge in [-0.2, -0.15) is 10.2 Å². The number of rotatable bonds is 4. The molecule has 0 spiro atoms. The van der Waals surface area contributed by atoms with Gasteiger partial charge in [0.25, 0.3) is 0 Å². The molecule has 0 aromatic carbocycles. The normalized spacial score (nSPS) is 10.3. The van der Waals surface area contributed by atoms with E-state index < -0.39 is 0 Å². The summed E-state index contributed by atoms with van der Waals surface area (Å²) in [6.45, 7) is 1.57. The summed E-state index contributed by atoms with van der Waals surface area (Å²) in [6.07, 6.45) is 5.34. The average molecular weight is 192 g/mol. The van der Waals surface area contributed by atoms with Crippen LogP contribution in [-0.2, 0) is 6.54 Å². The largest absolute Gasteiger partial charge is 0.382 e. The molecule has 0 aliphatic rings. The van der Waals surface area contributed by atoms with Gasteiger partial charge in [-0.05, 0) is 6.07 Å². The third-order valence-electron chi connectivity index (χ3n) is 1.88. The van der Waals surface area contributed by atoms with Gasteiger partial charge in [0.2, 0.25) is 0 Å². The highest BCUT2D eigenvalue weighted by Crippen LogP contribution is 2.11. The van der Waals surface area contributed by atoms with Crippen LogP contribution in [0.4, 0.5) is 11.5 Å². The number of anilines is 2. The van der Waals surface area contributed by atoms with E-state index in [1.807, 2.05) is 16.9 Å². The fourth-order valence-corrected chi connectivity index (χ4v) is 1.17. The second-order valence-electron chi connectivity index (χ2n) is 2.89. The van der Waals surface area contributed by atoms with Crippen molar-refractivity contribution >= 4 is 11.5 Å². The van der Waals surface area contributed by atoms with Crippen LogP contribution in [0.2, 0.25) is 0 Å². The minimum atomic E-state index is 0.561. The Labute approximate surface area is 81.1 Å². The summed E-state index contributed by atoms with van der Waals surface area (Å²) in [5.74, 6) is 0.561. The highest BCUT2D eigenvalue weighted by atomic mass is 15.3. The van der Waals surface area contributed by atoms with Crippen LogP contribution in [0, 0.1) is 0 Å².